The second-order valence-corrected chi connectivity index (χ2v) is 4.75. The van der Waals surface area contributed by atoms with Crippen molar-refractivity contribution < 1.29 is 9.53 Å². The van der Waals surface area contributed by atoms with Crippen LogP contribution in [0.3, 0.4) is 0 Å². The van der Waals surface area contributed by atoms with E-state index in [1.54, 1.807) is 24.5 Å². The van der Waals surface area contributed by atoms with Crippen molar-refractivity contribution in [2.45, 2.75) is 6.92 Å². The van der Waals surface area contributed by atoms with E-state index in [2.05, 4.69) is 31.2 Å². The molecular weight excluding hydrogens is 310 g/mol. The Morgan fingerprint density at radius 1 is 1.42 bits per heavy atom. The molecule has 0 spiro atoms. The molecule has 2 aromatic rings. The fraction of sp³-hybridized carbons (Fsp3) is 0.154. The number of aromatic nitrogens is 2. The summed E-state index contributed by atoms with van der Waals surface area (Å²) in [4.78, 5) is 20.3. The molecule has 19 heavy (non-hydrogen) atoms. The first-order chi connectivity index (χ1) is 9.11. The summed E-state index contributed by atoms with van der Waals surface area (Å²) in [5.41, 5.74) is 1.24. The second-order valence-electron chi connectivity index (χ2n) is 3.83. The Bertz CT molecular complexity index is 617. The summed E-state index contributed by atoms with van der Waals surface area (Å²) in [5.74, 6) is 0.497. The highest BCUT2D eigenvalue weighted by Crippen LogP contribution is 2.19. The number of halogens is 1. The maximum absolute atomic E-state index is 12.1. The van der Waals surface area contributed by atoms with Crippen LogP contribution in [0.1, 0.15) is 15.9 Å². The van der Waals surface area contributed by atoms with Crippen LogP contribution in [0.2, 0.25) is 0 Å². The lowest BCUT2D eigenvalue weighted by Gasteiger charge is -2.09. The van der Waals surface area contributed by atoms with Gasteiger partial charge in [0.1, 0.15) is 11.4 Å². The topological polar surface area (TPSA) is 64.1 Å². The molecule has 0 bridgehead atoms. The first-order valence-corrected chi connectivity index (χ1v) is 6.33. The number of nitrogens with zero attached hydrogens (tertiary/aromatic N) is 2. The lowest BCUT2D eigenvalue weighted by Crippen LogP contribution is -2.15. The summed E-state index contributed by atoms with van der Waals surface area (Å²) < 4.78 is 5.92. The van der Waals surface area contributed by atoms with Crippen molar-refractivity contribution >= 4 is 27.7 Å². The number of carbonyl (C=O) groups excluding carboxylic acids is 1. The molecule has 6 heteroatoms. The molecule has 0 radical (unpaired) electrons. The van der Waals surface area contributed by atoms with Crippen molar-refractivity contribution in [3.8, 4) is 5.88 Å². The molecule has 0 aliphatic carbocycles. The average Bonchev–Trinajstić information content (AvgIpc) is 2.41. The van der Waals surface area contributed by atoms with Crippen LogP contribution in [0.25, 0.3) is 0 Å². The average molecular weight is 322 g/mol. The van der Waals surface area contributed by atoms with Crippen LogP contribution in [0, 0.1) is 6.92 Å². The monoisotopic (exact) mass is 321 g/mol. The van der Waals surface area contributed by atoms with Crippen molar-refractivity contribution in [3.05, 3.63) is 46.2 Å². The van der Waals surface area contributed by atoms with E-state index in [-0.39, 0.29) is 11.8 Å². The summed E-state index contributed by atoms with van der Waals surface area (Å²) in [5, 5.41) is 2.74. The van der Waals surface area contributed by atoms with E-state index in [4.69, 9.17) is 4.74 Å². The molecule has 1 N–H and O–H groups in total. The van der Waals surface area contributed by atoms with Crippen molar-refractivity contribution in [3.63, 3.8) is 0 Å². The van der Waals surface area contributed by atoms with Gasteiger partial charge in [0.15, 0.2) is 0 Å². The molecule has 0 aliphatic heterocycles. The van der Waals surface area contributed by atoms with Crippen molar-refractivity contribution in [1.29, 1.82) is 0 Å². The number of carbonyl (C=O) groups is 1. The number of anilines is 1. The lowest BCUT2D eigenvalue weighted by atomic mass is 10.2. The third-order valence-electron chi connectivity index (χ3n) is 2.49. The van der Waals surface area contributed by atoms with E-state index < -0.39 is 0 Å². The molecule has 0 saturated carbocycles. The van der Waals surface area contributed by atoms with Crippen LogP contribution in [0.4, 0.5) is 5.82 Å². The maximum atomic E-state index is 12.1. The van der Waals surface area contributed by atoms with Crippen LogP contribution >= 0.6 is 15.9 Å². The molecule has 2 rings (SSSR count). The first-order valence-electron chi connectivity index (χ1n) is 5.54. The van der Waals surface area contributed by atoms with Gasteiger partial charge in [0.25, 0.3) is 5.91 Å². The number of rotatable bonds is 3. The normalized spacial score (nSPS) is 10.1. The lowest BCUT2D eigenvalue weighted by molar-refractivity contribution is 0.102. The van der Waals surface area contributed by atoms with E-state index in [9.17, 15) is 4.79 Å². The number of amides is 1. The maximum Gasteiger partial charge on any atom is 0.262 e. The molecule has 0 aromatic carbocycles. The Hall–Kier alpha value is -1.95. The van der Waals surface area contributed by atoms with Gasteiger partial charge in [-0.2, -0.15) is 0 Å². The Balaban J connectivity index is 2.26. The van der Waals surface area contributed by atoms with Gasteiger partial charge in [-0.15, -0.1) is 0 Å². The second kappa shape index (κ2) is 5.79. The van der Waals surface area contributed by atoms with E-state index in [1.165, 1.54) is 7.11 Å². The molecule has 1 amide bonds. The van der Waals surface area contributed by atoms with Gasteiger partial charge in [-0.05, 0) is 46.6 Å². The Kier molecular flexibility index (Phi) is 4.11. The van der Waals surface area contributed by atoms with Gasteiger partial charge in [-0.1, -0.05) is 0 Å². The minimum absolute atomic E-state index is 0.287. The highest BCUT2D eigenvalue weighted by atomic mass is 79.9. The number of nitrogens with one attached hydrogen (secondary N) is 1. The molecule has 2 aromatic heterocycles. The zero-order valence-corrected chi connectivity index (χ0v) is 12.1. The van der Waals surface area contributed by atoms with Gasteiger partial charge in [0.2, 0.25) is 5.88 Å². The number of pyridine rings is 2. The third-order valence-corrected chi connectivity index (χ3v) is 2.92. The first kappa shape index (κ1) is 13.5. The Morgan fingerprint density at radius 2 is 2.21 bits per heavy atom. The highest BCUT2D eigenvalue weighted by molar-refractivity contribution is 9.10. The number of methoxy groups -OCH3 is 1. The van der Waals surface area contributed by atoms with Crippen LogP contribution < -0.4 is 10.1 Å². The van der Waals surface area contributed by atoms with Gasteiger partial charge < -0.3 is 10.1 Å². The van der Waals surface area contributed by atoms with E-state index in [0.29, 0.717) is 11.4 Å². The summed E-state index contributed by atoms with van der Waals surface area (Å²) >= 11 is 3.33. The molecule has 98 valence electrons. The number of hydrogen-bond acceptors (Lipinski definition) is 4. The zero-order valence-electron chi connectivity index (χ0n) is 10.5. The smallest absolute Gasteiger partial charge is 0.262 e. The Labute approximate surface area is 119 Å². The van der Waals surface area contributed by atoms with Gasteiger partial charge in [0.05, 0.1) is 7.11 Å². The Morgan fingerprint density at radius 3 is 2.89 bits per heavy atom. The largest absolute Gasteiger partial charge is 0.480 e. The minimum Gasteiger partial charge on any atom is -0.480 e. The number of ether oxygens (including phenoxy) is 1. The third kappa shape index (κ3) is 3.08. The molecule has 5 nitrogen and oxygen atoms in total. The zero-order chi connectivity index (χ0) is 13.8. The predicted molar refractivity (Wildman–Crippen MR) is 75.4 cm³/mol. The standard InChI is InChI=1S/C13H12BrN3O2/c1-8-6-9(14)7-16-11(8)17-12(18)10-4-3-5-15-13(10)19-2/h3-7H,1-2H3,(H,16,17,18). The van der Waals surface area contributed by atoms with Gasteiger partial charge >= 0.3 is 0 Å². The van der Waals surface area contributed by atoms with Crippen LogP contribution in [0.5, 0.6) is 5.88 Å². The minimum atomic E-state index is -0.303. The fourth-order valence-electron chi connectivity index (χ4n) is 1.57. The van der Waals surface area contributed by atoms with Gasteiger partial charge in [-0.25, -0.2) is 9.97 Å². The van der Waals surface area contributed by atoms with E-state index >= 15 is 0 Å². The van der Waals surface area contributed by atoms with Gasteiger partial charge in [0, 0.05) is 16.9 Å². The predicted octanol–water partition coefficient (Wildman–Crippen LogP) is 2.81. The molecule has 2 heterocycles. The van der Waals surface area contributed by atoms with Crippen LogP contribution in [-0.4, -0.2) is 23.0 Å². The molecule has 0 aliphatic rings. The number of hydrogen-bond donors (Lipinski definition) is 1. The summed E-state index contributed by atoms with van der Waals surface area (Å²) in [6.45, 7) is 1.87. The van der Waals surface area contributed by atoms with Crippen LogP contribution in [0.15, 0.2) is 35.1 Å². The van der Waals surface area contributed by atoms with Crippen molar-refractivity contribution in [1.82, 2.24) is 9.97 Å². The van der Waals surface area contributed by atoms with E-state index in [1.807, 2.05) is 13.0 Å². The highest BCUT2D eigenvalue weighted by Gasteiger charge is 2.14. The molecule has 0 unspecified atom stereocenters. The number of aryl methyl sites for hydroxylation is 1. The van der Waals surface area contributed by atoms with Gasteiger partial charge in [-0.3, -0.25) is 4.79 Å². The van der Waals surface area contributed by atoms with E-state index in [0.717, 1.165) is 10.0 Å². The molecule has 0 atom stereocenters. The summed E-state index contributed by atoms with van der Waals surface area (Å²) in [7, 11) is 1.47. The quantitative estimate of drug-likeness (QED) is 0.944. The van der Waals surface area contributed by atoms with Crippen molar-refractivity contribution in [2.75, 3.05) is 12.4 Å². The fourth-order valence-corrected chi connectivity index (χ4v) is 2.02. The molecule has 0 saturated heterocycles. The SMILES string of the molecule is COc1ncccc1C(=O)Nc1ncc(Br)cc1C. The molecular formula is C13H12BrN3O2. The van der Waals surface area contributed by atoms with Crippen molar-refractivity contribution in [2.24, 2.45) is 0 Å². The van der Waals surface area contributed by atoms with Crippen LogP contribution in [-0.2, 0) is 0 Å². The molecule has 0 fully saturated rings. The summed E-state index contributed by atoms with van der Waals surface area (Å²) in [6.07, 6.45) is 3.20. The summed E-state index contributed by atoms with van der Waals surface area (Å²) in [6, 6.07) is 5.21.